The monoisotopic (exact) mass is 289 g/mol. The van der Waals surface area contributed by atoms with Crippen molar-refractivity contribution in [2.75, 3.05) is 26.4 Å². The number of hydrogen-bond donors (Lipinski definition) is 1. The van der Waals surface area contributed by atoms with Crippen LogP contribution >= 0.6 is 0 Å². The van der Waals surface area contributed by atoms with Gasteiger partial charge < -0.3 is 19.3 Å². The van der Waals surface area contributed by atoms with E-state index in [-0.39, 0.29) is 18.7 Å². The van der Waals surface area contributed by atoms with E-state index in [1.807, 2.05) is 34.6 Å². The summed E-state index contributed by atoms with van der Waals surface area (Å²) in [5.74, 6) is 0. The van der Waals surface area contributed by atoms with Gasteiger partial charge in [0, 0.05) is 6.61 Å². The lowest BCUT2D eigenvalue weighted by molar-refractivity contribution is -0.0633. The molecule has 1 fully saturated rings. The second kappa shape index (κ2) is 6.74. The fraction of sp³-hybridized carbons (Fsp3) is 0.929. The molecule has 0 bridgehead atoms. The van der Waals surface area contributed by atoms with E-state index >= 15 is 0 Å². The fourth-order valence-electron chi connectivity index (χ4n) is 2.16. The highest BCUT2D eigenvalue weighted by Gasteiger charge is 2.45. The molecule has 1 saturated heterocycles. The largest absolute Gasteiger partial charge is 0.444 e. The van der Waals surface area contributed by atoms with E-state index in [0.29, 0.717) is 26.2 Å². The van der Waals surface area contributed by atoms with Crippen LogP contribution in [0.15, 0.2) is 0 Å². The van der Waals surface area contributed by atoms with Gasteiger partial charge in [0.25, 0.3) is 0 Å². The van der Waals surface area contributed by atoms with Crippen molar-refractivity contribution in [2.45, 2.75) is 58.4 Å². The molecule has 0 unspecified atom stereocenters. The van der Waals surface area contributed by atoms with Crippen LogP contribution in [0, 0.1) is 0 Å². The van der Waals surface area contributed by atoms with Gasteiger partial charge in [0.15, 0.2) is 0 Å². The molecule has 1 rings (SSSR count). The SMILES string of the molecule is CC(C)(C)OC(=O)N1[C@H](CCOCCO)COC1(C)C. The number of carbonyl (C=O) groups excluding carboxylic acids is 1. The normalized spacial score (nSPS) is 22.1. The van der Waals surface area contributed by atoms with E-state index in [2.05, 4.69) is 0 Å². The standard InChI is InChI=1S/C14H27NO5/c1-13(2,3)20-12(17)15-11(6-8-18-9-7-16)10-19-14(15,4)5/h11,16H,6-10H2,1-5H3/t11-/m1/s1. The van der Waals surface area contributed by atoms with E-state index in [1.54, 1.807) is 4.90 Å². The molecule has 0 radical (unpaired) electrons. The van der Waals surface area contributed by atoms with E-state index in [1.165, 1.54) is 0 Å². The summed E-state index contributed by atoms with van der Waals surface area (Å²) in [7, 11) is 0. The molecule has 1 N–H and O–H groups in total. The third kappa shape index (κ3) is 4.92. The number of aliphatic hydroxyl groups is 1. The summed E-state index contributed by atoms with van der Waals surface area (Å²) < 4.78 is 16.4. The Morgan fingerprint density at radius 2 is 2.05 bits per heavy atom. The molecule has 6 heteroatoms. The summed E-state index contributed by atoms with van der Waals surface area (Å²) in [5, 5.41) is 8.67. The van der Waals surface area contributed by atoms with Crippen molar-refractivity contribution < 1.29 is 24.1 Å². The fourth-order valence-corrected chi connectivity index (χ4v) is 2.16. The molecule has 1 heterocycles. The Balaban J connectivity index is 2.63. The Morgan fingerprint density at radius 1 is 1.40 bits per heavy atom. The van der Waals surface area contributed by atoms with Crippen LogP contribution < -0.4 is 0 Å². The van der Waals surface area contributed by atoms with Crippen molar-refractivity contribution >= 4 is 6.09 Å². The number of aliphatic hydroxyl groups excluding tert-OH is 1. The van der Waals surface area contributed by atoms with Crippen molar-refractivity contribution in [1.82, 2.24) is 4.90 Å². The highest BCUT2D eigenvalue weighted by Crippen LogP contribution is 2.30. The minimum Gasteiger partial charge on any atom is -0.444 e. The average Bonchev–Trinajstić information content (AvgIpc) is 2.58. The number of amides is 1. The Kier molecular flexibility index (Phi) is 5.79. The second-order valence-corrected chi connectivity index (χ2v) is 6.39. The summed E-state index contributed by atoms with van der Waals surface area (Å²) in [4.78, 5) is 14.0. The number of carbonyl (C=O) groups is 1. The molecule has 1 atom stereocenters. The van der Waals surface area contributed by atoms with Gasteiger partial charge >= 0.3 is 6.09 Å². The summed E-state index contributed by atoms with van der Waals surface area (Å²) >= 11 is 0. The van der Waals surface area contributed by atoms with Gasteiger partial charge in [-0.05, 0) is 41.0 Å². The summed E-state index contributed by atoms with van der Waals surface area (Å²) in [6.07, 6.45) is 0.287. The molecule has 0 aromatic heterocycles. The van der Waals surface area contributed by atoms with Crippen molar-refractivity contribution in [2.24, 2.45) is 0 Å². The Labute approximate surface area is 121 Å². The van der Waals surface area contributed by atoms with Crippen LogP contribution in [0.4, 0.5) is 4.79 Å². The third-order valence-electron chi connectivity index (χ3n) is 3.00. The Bertz CT molecular complexity index is 324. The molecular formula is C14H27NO5. The van der Waals surface area contributed by atoms with Gasteiger partial charge in [-0.2, -0.15) is 0 Å². The predicted octanol–water partition coefficient (Wildman–Crippen LogP) is 1.76. The molecule has 1 aliphatic heterocycles. The van der Waals surface area contributed by atoms with Crippen LogP contribution in [0.2, 0.25) is 0 Å². The van der Waals surface area contributed by atoms with Gasteiger partial charge in [-0.3, -0.25) is 4.90 Å². The highest BCUT2D eigenvalue weighted by molar-refractivity contribution is 5.69. The highest BCUT2D eigenvalue weighted by atomic mass is 16.6. The molecule has 0 spiro atoms. The van der Waals surface area contributed by atoms with Gasteiger partial charge in [0.05, 0.1) is 25.9 Å². The molecule has 20 heavy (non-hydrogen) atoms. The zero-order valence-corrected chi connectivity index (χ0v) is 13.1. The number of ether oxygens (including phenoxy) is 3. The van der Waals surface area contributed by atoms with Gasteiger partial charge in [-0.15, -0.1) is 0 Å². The van der Waals surface area contributed by atoms with Crippen LogP contribution in [-0.2, 0) is 14.2 Å². The number of nitrogens with zero attached hydrogens (tertiary/aromatic N) is 1. The summed E-state index contributed by atoms with van der Waals surface area (Å²) in [5.41, 5.74) is -1.21. The molecule has 118 valence electrons. The van der Waals surface area contributed by atoms with Crippen molar-refractivity contribution in [3.63, 3.8) is 0 Å². The molecule has 6 nitrogen and oxygen atoms in total. The number of hydrogen-bond acceptors (Lipinski definition) is 5. The predicted molar refractivity (Wildman–Crippen MR) is 74.4 cm³/mol. The zero-order chi connectivity index (χ0) is 15.4. The summed E-state index contributed by atoms with van der Waals surface area (Å²) in [6, 6.07) is -0.0708. The molecule has 0 aliphatic carbocycles. The van der Waals surface area contributed by atoms with Gasteiger partial charge in [-0.1, -0.05) is 0 Å². The average molecular weight is 289 g/mol. The van der Waals surface area contributed by atoms with E-state index < -0.39 is 11.3 Å². The molecule has 0 aromatic carbocycles. The molecule has 0 saturated carbocycles. The molecule has 1 amide bonds. The first-order valence-corrected chi connectivity index (χ1v) is 7.02. The van der Waals surface area contributed by atoms with Gasteiger partial charge in [0.2, 0.25) is 0 Å². The number of rotatable bonds is 5. The van der Waals surface area contributed by atoms with E-state index in [0.717, 1.165) is 0 Å². The zero-order valence-electron chi connectivity index (χ0n) is 13.1. The van der Waals surface area contributed by atoms with Crippen LogP contribution in [0.5, 0.6) is 0 Å². The van der Waals surface area contributed by atoms with Crippen LogP contribution in [0.1, 0.15) is 41.0 Å². The topological polar surface area (TPSA) is 68.2 Å². The lowest BCUT2D eigenvalue weighted by atomic mass is 10.1. The maximum Gasteiger partial charge on any atom is 0.412 e. The van der Waals surface area contributed by atoms with E-state index in [9.17, 15) is 4.79 Å². The van der Waals surface area contributed by atoms with Crippen molar-refractivity contribution in [1.29, 1.82) is 0 Å². The minimum atomic E-state index is -0.677. The van der Waals surface area contributed by atoms with Crippen molar-refractivity contribution in [3.8, 4) is 0 Å². The van der Waals surface area contributed by atoms with Crippen LogP contribution in [0.25, 0.3) is 0 Å². The molecule has 1 aliphatic rings. The minimum absolute atomic E-state index is 0.00242. The van der Waals surface area contributed by atoms with E-state index in [4.69, 9.17) is 19.3 Å². The maximum atomic E-state index is 12.3. The van der Waals surface area contributed by atoms with Crippen LogP contribution in [0.3, 0.4) is 0 Å². The smallest absolute Gasteiger partial charge is 0.412 e. The molecule has 0 aromatic rings. The van der Waals surface area contributed by atoms with Crippen molar-refractivity contribution in [3.05, 3.63) is 0 Å². The Morgan fingerprint density at radius 3 is 2.60 bits per heavy atom. The first kappa shape index (κ1) is 17.2. The maximum absolute atomic E-state index is 12.3. The van der Waals surface area contributed by atoms with Gasteiger partial charge in [0.1, 0.15) is 11.3 Å². The lowest BCUT2D eigenvalue weighted by Gasteiger charge is -2.35. The quantitative estimate of drug-likeness (QED) is 0.781. The Hall–Kier alpha value is -0.850. The van der Waals surface area contributed by atoms with Crippen LogP contribution in [-0.4, -0.2) is 59.9 Å². The molecular weight excluding hydrogens is 262 g/mol. The second-order valence-electron chi connectivity index (χ2n) is 6.39. The third-order valence-corrected chi connectivity index (χ3v) is 3.00. The first-order chi connectivity index (χ1) is 9.17. The first-order valence-electron chi connectivity index (χ1n) is 7.02. The van der Waals surface area contributed by atoms with Gasteiger partial charge in [-0.25, -0.2) is 4.79 Å². The summed E-state index contributed by atoms with van der Waals surface area (Å²) in [6.45, 7) is 10.5. The lowest BCUT2D eigenvalue weighted by Crippen LogP contribution is -2.50.